The number of anilines is 1. The van der Waals surface area contributed by atoms with Crippen LogP contribution in [0.15, 0.2) is 22.7 Å². The van der Waals surface area contributed by atoms with Gasteiger partial charge in [-0.1, -0.05) is 22.0 Å². The van der Waals surface area contributed by atoms with Crippen molar-refractivity contribution in [3.05, 3.63) is 28.2 Å². The average Bonchev–Trinajstić information content (AvgIpc) is 2.32. The average molecular weight is 311 g/mol. The predicted octanol–water partition coefficient (Wildman–Crippen LogP) is 3.72. The molecule has 1 saturated heterocycles. The minimum Gasteiger partial charge on any atom is -0.369 e. The van der Waals surface area contributed by atoms with Crippen molar-refractivity contribution in [2.75, 3.05) is 11.4 Å². The molecule has 1 fully saturated rings. The predicted molar refractivity (Wildman–Crippen MR) is 82.2 cm³/mol. The van der Waals surface area contributed by atoms with Gasteiger partial charge in [-0.25, -0.2) is 0 Å². The van der Waals surface area contributed by atoms with E-state index in [-0.39, 0.29) is 6.04 Å². The Labute approximate surface area is 119 Å². The number of piperidine rings is 1. The molecule has 2 N–H and O–H groups in total. The molecule has 1 aromatic carbocycles. The van der Waals surface area contributed by atoms with Crippen molar-refractivity contribution in [1.82, 2.24) is 0 Å². The highest BCUT2D eigenvalue weighted by Crippen LogP contribution is 2.31. The second-order valence-electron chi connectivity index (χ2n) is 5.49. The first kappa shape index (κ1) is 13.9. The maximum absolute atomic E-state index is 5.97. The van der Waals surface area contributed by atoms with Gasteiger partial charge in [-0.2, -0.15) is 0 Å². The lowest BCUT2D eigenvalue weighted by Crippen LogP contribution is -2.38. The molecule has 0 saturated carbocycles. The fourth-order valence-electron chi connectivity index (χ4n) is 2.78. The largest absolute Gasteiger partial charge is 0.369 e. The number of hydrogen-bond acceptors (Lipinski definition) is 2. The van der Waals surface area contributed by atoms with E-state index in [1.54, 1.807) is 0 Å². The highest BCUT2D eigenvalue weighted by molar-refractivity contribution is 9.10. The van der Waals surface area contributed by atoms with Crippen LogP contribution < -0.4 is 10.6 Å². The first-order valence-corrected chi connectivity index (χ1v) is 7.68. The van der Waals surface area contributed by atoms with Crippen LogP contribution in [0.2, 0.25) is 0 Å². The maximum atomic E-state index is 5.97. The quantitative estimate of drug-likeness (QED) is 0.922. The Morgan fingerprint density at radius 3 is 2.89 bits per heavy atom. The number of nitrogens with two attached hydrogens (primary N) is 1. The monoisotopic (exact) mass is 310 g/mol. The minimum absolute atomic E-state index is 0.213. The number of halogens is 1. The molecule has 1 aliphatic heterocycles. The zero-order valence-electron chi connectivity index (χ0n) is 11.3. The Bertz CT molecular complexity index is 403. The number of benzene rings is 1. The molecular weight excluding hydrogens is 288 g/mol. The molecule has 2 rings (SSSR count). The van der Waals surface area contributed by atoms with Gasteiger partial charge in [-0.3, -0.25) is 0 Å². The Morgan fingerprint density at radius 1 is 1.44 bits per heavy atom. The molecule has 1 aliphatic rings. The molecule has 2 unspecified atom stereocenters. The van der Waals surface area contributed by atoms with Gasteiger partial charge in [0.2, 0.25) is 0 Å². The molecule has 0 amide bonds. The van der Waals surface area contributed by atoms with E-state index in [9.17, 15) is 0 Å². The molecule has 100 valence electrons. The van der Waals surface area contributed by atoms with Crippen LogP contribution in [-0.4, -0.2) is 18.6 Å². The van der Waals surface area contributed by atoms with E-state index in [1.807, 2.05) is 0 Å². The standard InChI is InChI=1S/C15H23BrN2/c1-11(17)9-13-6-7-14(16)10-15(13)18-8-4-3-5-12(18)2/h6-7,10-12H,3-5,8-9,17H2,1-2H3. The number of hydrogen-bond donors (Lipinski definition) is 1. The minimum atomic E-state index is 0.213. The molecule has 0 aromatic heterocycles. The van der Waals surface area contributed by atoms with Crippen molar-refractivity contribution in [2.24, 2.45) is 5.73 Å². The summed E-state index contributed by atoms with van der Waals surface area (Å²) >= 11 is 3.59. The lowest BCUT2D eigenvalue weighted by atomic mass is 9.99. The summed E-state index contributed by atoms with van der Waals surface area (Å²) in [6.07, 6.45) is 4.90. The molecule has 18 heavy (non-hydrogen) atoms. The topological polar surface area (TPSA) is 29.3 Å². The summed E-state index contributed by atoms with van der Waals surface area (Å²) in [7, 11) is 0. The van der Waals surface area contributed by atoms with Gasteiger partial charge in [0.05, 0.1) is 0 Å². The first-order chi connectivity index (χ1) is 8.58. The second kappa shape index (κ2) is 6.07. The van der Waals surface area contributed by atoms with Gasteiger partial charge >= 0.3 is 0 Å². The van der Waals surface area contributed by atoms with Crippen LogP contribution in [0.25, 0.3) is 0 Å². The second-order valence-corrected chi connectivity index (χ2v) is 6.41. The van der Waals surface area contributed by atoms with E-state index >= 15 is 0 Å². The Hall–Kier alpha value is -0.540. The Balaban J connectivity index is 2.31. The van der Waals surface area contributed by atoms with Crippen molar-refractivity contribution < 1.29 is 0 Å². The summed E-state index contributed by atoms with van der Waals surface area (Å²) in [6.45, 7) is 5.57. The molecule has 1 aromatic rings. The van der Waals surface area contributed by atoms with Crippen LogP contribution >= 0.6 is 15.9 Å². The van der Waals surface area contributed by atoms with E-state index in [4.69, 9.17) is 5.73 Å². The summed E-state index contributed by atoms with van der Waals surface area (Å²) in [5.74, 6) is 0. The Morgan fingerprint density at radius 2 is 2.22 bits per heavy atom. The van der Waals surface area contributed by atoms with Gasteiger partial charge < -0.3 is 10.6 Å². The van der Waals surface area contributed by atoms with Crippen molar-refractivity contribution >= 4 is 21.6 Å². The van der Waals surface area contributed by atoms with Crippen molar-refractivity contribution in [2.45, 2.75) is 51.6 Å². The van der Waals surface area contributed by atoms with E-state index < -0.39 is 0 Å². The van der Waals surface area contributed by atoms with Gasteiger partial charge in [0, 0.05) is 28.8 Å². The SMILES string of the molecule is CC(N)Cc1ccc(Br)cc1N1CCCCC1C. The third-order valence-electron chi connectivity index (χ3n) is 3.70. The molecule has 0 bridgehead atoms. The molecule has 2 nitrogen and oxygen atoms in total. The van der Waals surface area contributed by atoms with E-state index in [0.717, 1.165) is 10.9 Å². The molecule has 0 radical (unpaired) electrons. The smallest absolute Gasteiger partial charge is 0.0413 e. The normalized spacial score (nSPS) is 22.0. The maximum Gasteiger partial charge on any atom is 0.0413 e. The van der Waals surface area contributed by atoms with Crippen LogP contribution in [0.1, 0.15) is 38.7 Å². The van der Waals surface area contributed by atoms with Crippen molar-refractivity contribution in [3.63, 3.8) is 0 Å². The highest BCUT2D eigenvalue weighted by Gasteiger charge is 2.21. The van der Waals surface area contributed by atoms with Crippen LogP contribution in [0, 0.1) is 0 Å². The molecule has 0 spiro atoms. The number of rotatable bonds is 3. The summed E-state index contributed by atoms with van der Waals surface area (Å²) in [4.78, 5) is 2.55. The highest BCUT2D eigenvalue weighted by atomic mass is 79.9. The fraction of sp³-hybridized carbons (Fsp3) is 0.600. The third-order valence-corrected chi connectivity index (χ3v) is 4.19. The molecule has 3 heteroatoms. The number of nitrogens with zero attached hydrogens (tertiary/aromatic N) is 1. The van der Waals surface area contributed by atoms with Crippen LogP contribution in [0.5, 0.6) is 0 Å². The summed E-state index contributed by atoms with van der Waals surface area (Å²) in [6, 6.07) is 7.43. The van der Waals surface area contributed by atoms with Crippen molar-refractivity contribution in [3.8, 4) is 0 Å². The summed E-state index contributed by atoms with van der Waals surface area (Å²) in [5, 5.41) is 0. The molecule has 2 atom stereocenters. The van der Waals surface area contributed by atoms with Crippen molar-refractivity contribution in [1.29, 1.82) is 0 Å². The summed E-state index contributed by atoms with van der Waals surface area (Å²) in [5.41, 5.74) is 8.71. The van der Waals surface area contributed by atoms with E-state index in [0.29, 0.717) is 6.04 Å². The lowest BCUT2D eigenvalue weighted by molar-refractivity contribution is 0.483. The first-order valence-electron chi connectivity index (χ1n) is 6.88. The van der Waals surface area contributed by atoms with Gasteiger partial charge in [0.15, 0.2) is 0 Å². The van der Waals surface area contributed by atoms with Crippen LogP contribution in [0.4, 0.5) is 5.69 Å². The van der Waals surface area contributed by atoms with Crippen LogP contribution in [-0.2, 0) is 6.42 Å². The van der Waals surface area contributed by atoms with Gasteiger partial charge in [-0.05, 0) is 57.2 Å². The molecule has 1 heterocycles. The van der Waals surface area contributed by atoms with Gasteiger partial charge in [-0.15, -0.1) is 0 Å². The zero-order chi connectivity index (χ0) is 13.1. The third kappa shape index (κ3) is 3.27. The Kier molecular flexibility index (Phi) is 4.68. The zero-order valence-corrected chi connectivity index (χ0v) is 12.9. The lowest BCUT2D eigenvalue weighted by Gasteiger charge is -2.37. The van der Waals surface area contributed by atoms with E-state index in [1.165, 1.54) is 37.1 Å². The molecular formula is C15H23BrN2. The van der Waals surface area contributed by atoms with Gasteiger partial charge in [0.25, 0.3) is 0 Å². The molecule has 0 aliphatic carbocycles. The van der Waals surface area contributed by atoms with E-state index in [2.05, 4.69) is 52.9 Å². The van der Waals surface area contributed by atoms with Crippen LogP contribution in [0.3, 0.4) is 0 Å². The van der Waals surface area contributed by atoms with Gasteiger partial charge in [0.1, 0.15) is 0 Å². The fourth-order valence-corrected chi connectivity index (χ4v) is 3.13. The summed E-state index contributed by atoms with van der Waals surface area (Å²) < 4.78 is 1.16.